The van der Waals surface area contributed by atoms with Crippen molar-refractivity contribution >= 4 is 27.5 Å². The van der Waals surface area contributed by atoms with E-state index in [1.807, 2.05) is 59.7 Å². The van der Waals surface area contributed by atoms with Crippen molar-refractivity contribution in [1.82, 2.24) is 15.3 Å². The predicted octanol–water partition coefficient (Wildman–Crippen LogP) is 5.16. The van der Waals surface area contributed by atoms with E-state index >= 15 is 0 Å². The van der Waals surface area contributed by atoms with Crippen molar-refractivity contribution in [2.75, 3.05) is 13.2 Å². The molecule has 0 saturated carbocycles. The minimum absolute atomic E-state index is 0.104. The number of fused-ring (bicyclic) bond motifs is 1. The summed E-state index contributed by atoms with van der Waals surface area (Å²) < 4.78 is 11.3. The SMILES string of the molecule is CCOc1ccc(C(C)NC(=O)c2sc3nc(CC)nc(C)c3c2C)cc1OCC. The van der Waals surface area contributed by atoms with Gasteiger partial charge in [-0.1, -0.05) is 13.0 Å². The molecule has 3 aromatic rings. The van der Waals surface area contributed by atoms with Gasteiger partial charge in [0.1, 0.15) is 10.7 Å². The summed E-state index contributed by atoms with van der Waals surface area (Å²) in [6.07, 6.45) is 0.770. The molecule has 1 aromatic carbocycles. The monoisotopic (exact) mass is 427 g/mol. The van der Waals surface area contributed by atoms with E-state index in [-0.39, 0.29) is 11.9 Å². The Bertz CT molecular complexity index is 1060. The summed E-state index contributed by atoms with van der Waals surface area (Å²) in [4.78, 5) is 23.8. The molecule has 1 amide bonds. The third-order valence-electron chi connectivity index (χ3n) is 4.95. The highest BCUT2D eigenvalue weighted by Gasteiger charge is 2.21. The number of aryl methyl sites for hydroxylation is 3. The Morgan fingerprint density at radius 1 is 1.10 bits per heavy atom. The standard InChI is InChI=1S/C23H29N3O3S/c1-7-19-24-15(6)20-13(4)21(30-23(20)26-19)22(27)25-14(5)16-10-11-17(28-8-2)18(12-16)29-9-3/h10-12,14H,7-9H2,1-6H3,(H,25,27). The van der Waals surface area contributed by atoms with Gasteiger partial charge in [0.2, 0.25) is 0 Å². The van der Waals surface area contributed by atoms with E-state index in [1.165, 1.54) is 11.3 Å². The number of hydrogen-bond acceptors (Lipinski definition) is 6. The zero-order valence-corrected chi connectivity index (χ0v) is 19.3. The van der Waals surface area contributed by atoms with Crippen LogP contribution in [0.2, 0.25) is 0 Å². The van der Waals surface area contributed by atoms with Crippen molar-refractivity contribution < 1.29 is 14.3 Å². The number of benzene rings is 1. The number of nitrogens with zero attached hydrogens (tertiary/aromatic N) is 2. The Hall–Kier alpha value is -2.67. The first-order chi connectivity index (χ1) is 14.4. The van der Waals surface area contributed by atoms with Gasteiger partial charge in [0.15, 0.2) is 11.5 Å². The average Bonchev–Trinajstić information content (AvgIpc) is 3.06. The lowest BCUT2D eigenvalue weighted by molar-refractivity contribution is 0.0943. The number of aromatic nitrogens is 2. The van der Waals surface area contributed by atoms with Gasteiger partial charge in [-0.3, -0.25) is 4.79 Å². The lowest BCUT2D eigenvalue weighted by Gasteiger charge is -2.17. The number of amides is 1. The molecular weight excluding hydrogens is 398 g/mol. The maximum absolute atomic E-state index is 13.1. The van der Waals surface area contributed by atoms with Gasteiger partial charge in [-0.25, -0.2) is 9.97 Å². The molecule has 1 N–H and O–H groups in total. The molecule has 0 aliphatic rings. The second kappa shape index (κ2) is 9.43. The Labute approximate surface area is 181 Å². The van der Waals surface area contributed by atoms with Crippen molar-refractivity contribution in [1.29, 1.82) is 0 Å². The molecule has 1 unspecified atom stereocenters. The maximum atomic E-state index is 13.1. The normalized spacial score (nSPS) is 12.1. The number of ether oxygens (including phenoxy) is 2. The fourth-order valence-electron chi connectivity index (χ4n) is 3.45. The van der Waals surface area contributed by atoms with E-state index in [0.29, 0.717) is 29.6 Å². The van der Waals surface area contributed by atoms with Gasteiger partial charge in [0, 0.05) is 17.5 Å². The first-order valence-electron chi connectivity index (χ1n) is 10.4. The molecule has 0 saturated heterocycles. The molecule has 0 aliphatic carbocycles. The summed E-state index contributed by atoms with van der Waals surface area (Å²) in [5, 5.41) is 4.09. The number of carbonyl (C=O) groups is 1. The molecule has 0 fully saturated rings. The Balaban J connectivity index is 1.86. The predicted molar refractivity (Wildman–Crippen MR) is 121 cm³/mol. The van der Waals surface area contributed by atoms with Crippen LogP contribution in [0.4, 0.5) is 0 Å². The average molecular weight is 428 g/mol. The molecule has 1 atom stereocenters. The molecule has 0 aliphatic heterocycles. The van der Waals surface area contributed by atoms with E-state index in [1.54, 1.807) is 0 Å². The lowest BCUT2D eigenvalue weighted by Crippen LogP contribution is -2.26. The van der Waals surface area contributed by atoms with Crippen molar-refractivity contribution in [3.63, 3.8) is 0 Å². The highest BCUT2D eigenvalue weighted by atomic mass is 32.1. The Morgan fingerprint density at radius 3 is 2.47 bits per heavy atom. The maximum Gasteiger partial charge on any atom is 0.262 e. The summed E-state index contributed by atoms with van der Waals surface area (Å²) >= 11 is 1.43. The van der Waals surface area contributed by atoms with E-state index in [0.717, 1.165) is 39.3 Å². The van der Waals surface area contributed by atoms with Crippen LogP contribution in [0.3, 0.4) is 0 Å². The molecular formula is C23H29N3O3S. The molecule has 2 heterocycles. The number of carbonyl (C=O) groups excluding carboxylic acids is 1. The summed E-state index contributed by atoms with van der Waals surface area (Å²) in [5.74, 6) is 2.10. The van der Waals surface area contributed by atoms with Crippen LogP contribution in [0.25, 0.3) is 10.2 Å². The number of thiophene rings is 1. The quantitative estimate of drug-likeness (QED) is 0.538. The van der Waals surface area contributed by atoms with Gasteiger partial charge >= 0.3 is 0 Å². The van der Waals surface area contributed by atoms with Crippen molar-refractivity contribution in [2.24, 2.45) is 0 Å². The number of hydrogen-bond donors (Lipinski definition) is 1. The van der Waals surface area contributed by atoms with Gasteiger partial charge in [-0.15, -0.1) is 11.3 Å². The molecule has 2 aromatic heterocycles. The number of nitrogens with one attached hydrogen (secondary N) is 1. The van der Waals surface area contributed by atoms with Gasteiger partial charge in [-0.05, 0) is 57.9 Å². The van der Waals surface area contributed by atoms with E-state index in [4.69, 9.17) is 9.47 Å². The second-order valence-corrected chi connectivity index (χ2v) is 8.08. The van der Waals surface area contributed by atoms with Crippen LogP contribution in [0.5, 0.6) is 11.5 Å². The van der Waals surface area contributed by atoms with Crippen LogP contribution in [-0.4, -0.2) is 29.1 Å². The molecule has 160 valence electrons. The first-order valence-corrected chi connectivity index (χ1v) is 11.2. The smallest absolute Gasteiger partial charge is 0.262 e. The summed E-state index contributed by atoms with van der Waals surface area (Å²) in [6, 6.07) is 5.60. The Morgan fingerprint density at radius 2 is 1.80 bits per heavy atom. The van der Waals surface area contributed by atoms with E-state index in [2.05, 4.69) is 15.3 Å². The molecule has 7 heteroatoms. The molecule has 6 nitrogen and oxygen atoms in total. The van der Waals surface area contributed by atoms with Gasteiger partial charge in [-0.2, -0.15) is 0 Å². The highest BCUT2D eigenvalue weighted by molar-refractivity contribution is 7.20. The van der Waals surface area contributed by atoms with Crippen LogP contribution in [-0.2, 0) is 6.42 Å². The minimum Gasteiger partial charge on any atom is -0.490 e. The fourth-order valence-corrected chi connectivity index (χ4v) is 4.61. The zero-order chi connectivity index (χ0) is 21.8. The highest BCUT2D eigenvalue weighted by Crippen LogP contribution is 2.33. The van der Waals surface area contributed by atoms with Crippen molar-refractivity contribution in [3.05, 3.63) is 45.7 Å². The van der Waals surface area contributed by atoms with Gasteiger partial charge in [0.05, 0.1) is 24.1 Å². The van der Waals surface area contributed by atoms with Gasteiger partial charge < -0.3 is 14.8 Å². The molecule has 0 bridgehead atoms. The van der Waals surface area contributed by atoms with Crippen LogP contribution in [0.1, 0.15) is 66.1 Å². The lowest BCUT2D eigenvalue weighted by atomic mass is 10.1. The summed E-state index contributed by atoms with van der Waals surface area (Å²) in [5.41, 5.74) is 2.81. The van der Waals surface area contributed by atoms with Crippen LogP contribution in [0.15, 0.2) is 18.2 Å². The van der Waals surface area contributed by atoms with Crippen LogP contribution in [0, 0.1) is 13.8 Å². The van der Waals surface area contributed by atoms with Crippen LogP contribution >= 0.6 is 11.3 Å². The second-order valence-electron chi connectivity index (χ2n) is 7.08. The summed E-state index contributed by atoms with van der Waals surface area (Å²) in [6.45, 7) is 12.9. The minimum atomic E-state index is -0.185. The van der Waals surface area contributed by atoms with Crippen LogP contribution < -0.4 is 14.8 Å². The molecule has 0 radical (unpaired) electrons. The summed E-state index contributed by atoms with van der Waals surface area (Å²) in [7, 11) is 0. The van der Waals surface area contributed by atoms with E-state index in [9.17, 15) is 4.79 Å². The third kappa shape index (κ3) is 4.41. The van der Waals surface area contributed by atoms with Crippen molar-refractivity contribution in [3.8, 4) is 11.5 Å². The molecule has 0 spiro atoms. The zero-order valence-electron chi connectivity index (χ0n) is 18.5. The topological polar surface area (TPSA) is 73.3 Å². The largest absolute Gasteiger partial charge is 0.490 e. The fraction of sp³-hybridized carbons (Fsp3) is 0.435. The Kier molecular flexibility index (Phi) is 6.92. The molecule has 3 rings (SSSR count). The number of rotatable bonds is 8. The van der Waals surface area contributed by atoms with E-state index < -0.39 is 0 Å². The third-order valence-corrected chi connectivity index (χ3v) is 6.14. The van der Waals surface area contributed by atoms with Gasteiger partial charge in [0.25, 0.3) is 5.91 Å². The molecule has 30 heavy (non-hydrogen) atoms. The first kappa shape index (κ1) is 22.0. The van der Waals surface area contributed by atoms with Crippen molar-refractivity contribution in [2.45, 2.75) is 54.0 Å².